The zero-order valence-corrected chi connectivity index (χ0v) is 9.92. The summed E-state index contributed by atoms with van der Waals surface area (Å²) in [5, 5.41) is 13.6. The molecule has 1 aromatic carbocycles. The molecule has 0 aliphatic carbocycles. The molecule has 0 saturated carbocycles. The number of aryl methyl sites for hydroxylation is 1. The molecule has 0 radical (unpaired) electrons. The average molecular weight is 221 g/mol. The molecule has 2 N–H and O–H groups in total. The van der Waals surface area contributed by atoms with Crippen LogP contribution < -0.4 is 10.1 Å². The Kier molecular flexibility index (Phi) is 3.34. The molecule has 1 aliphatic rings. The fraction of sp³-hybridized carbons (Fsp3) is 0.538. The maximum absolute atomic E-state index is 10.2. The Bertz CT molecular complexity index is 370. The topological polar surface area (TPSA) is 41.5 Å². The highest BCUT2D eigenvalue weighted by atomic mass is 16.5. The molecule has 0 spiro atoms. The molecule has 2 rings (SSSR count). The minimum Gasteiger partial charge on any atom is -0.504 e. The monoisotopic (exact) mass is 221 g/mol. The van der Waals surface area contributed by atoms with Crippen LogP contribution in [-0.2, 0) is 0 Å². The summed E-state index contributed by atoms with van der Waals surface area (Å²) in [6.45, 7) is 2.97. The SMILES string of the molecule is COc1c(C)ccc(C2CCCCN2)c1O. The van der Waals surface area contributed by atoms with Gasteiger partial charge < -0.3 is 15.2 Å². The summed E-state index contributed by atoms with van der Waals surface area (Å²) in [6.07, 6.45) is 3.52. The molecule has 16 heavy (non-hydrogen) atoms. The summed E-state index contributed by atoms with van der Waals surface area (Å²) in [6, 6.07) is 4.27. The molecule has 1 fully saturated rings. The molecule has 3 nitrogen and oxygen atoms in total. The molecule has 0 amide bonds. The Morgan fingerprint density at radius 2 is 2.19 bits per heavy atom. The van der Waals surface area contributed by atoms with Crippen LogP contribution in [0.5, 0.6) is 11.5 Å². The van der Waals surface area contributed by atoms with Crippen LogP contribution in [-0.4, -0.2) is 18.8 Å². The van der Waals surface area contributed by atoms with E-state index in [2.05, 4.69) is 5.32 Å². The van der Waals surface area contributed by atoms with Crippen LogP contribution in [0.1, 0.15) is 36.4 Å². The lowest BCUT2D eigenvalue weighted by molar-refractivity contribution is 0.353. The Balaban J connectivity index is 2.33. The van der Waals surface area contributed by atoms with Crippen molar-refractivity contribution >= 4 is 0 Å². The van der Waals surface area contributed by atoms with E-state index in [9.17, 15) is 5.11 Å². The van der Waals surface area contributed by atoms with Gasteiger partial charge in [-0.3, -0.25) is 0 Å². The van der Waals surface area contributed by atoms with Crippen LogP contribution in [0.15, 0.2) is 12.1 Å². The predicted molar refractivity (Wildman–Crippen MR) is 64.0 cm³/mol. The van der Waals surface area contributed by atoms with Gasteiger partial charge in [0, 0.05) is 11.6 Å². The summed E-state index contributed by atoms with van der Waals surface area (Å²) in [5.41, 5.74) is 1.93. The van der Waals surface area contributed by atoms with Crippen molar-refractivity contribution in [2.75, 3.05) is 13.7 Å². The van der Waals surface area contributed by atoms with Crippen molar-refractivity contribution in [1.82, 2.24) is 5.32 Å². The number of phenolic OH excluding ortho intramolecular Hbond substituents is 1. The zero-order chi connectivity index (χ0) is 11.5. The molecular formula is C13H19NO2. The molecule has 1 aliphatic heterocycles. The van der Waals surface area contributed by atoms with Crippen LogP contribution in [0.25, 0.3) is 0 Å². The van der Waals surface area contributed by atoms with Crippen molar-refractivity contribution < 1.29 is 9.84 Å². The van der Waals surface area contributed by atoms with E-state index in [1.807, 2.05) is 19.1 Å². The van der Waals surface area contributed by atoms with Gasteiger partial charge in [0.1, 0.15) is 0 Å². The number of phenols is 1. The number of hydrogen-bond acceptors (Lipinski definition) is 3. The van der Waals surface area contributed by atoms with Crippen molar-refractivity contribution in [1.29, 1.82) is 0 Å². The largest absolute Gasteiger partial charge is 0.504 e. The molecular weight excluding hydrogens is 202 g/mol. The minimum atomic E-state index is 0.267. The van der Waals surface area contributed by atoms with Gasteiger partial charge in [0.2, 0.25) is 0 Å². The number of aromatic hydroxyl groups is 1. The van der Waals surface area contributed by atoms with Crippen LogP contribution in [0, 0.1) is 6.92 Å². The average Bonchev–Trinajstić information content (AvgIpc) is 2.31. The number of piperidine rings is 1. The van der Waals surface area contributed by atoms with E-state index in [-0.39, 0.29) is 6.04 Å². The second-order valence-electron chi connectivity index (χ2n) is 4.36. The van der Waals surface area contributed by atoms with E-state index in [4.69, 9.17) is 4.74 Å². The first-order chi connectivity index (χ1) is 7.74. The van der Waals surface area contributed by atoms with Gasteiger partial charge in [-0.2, -0.15) is 0 Å². The Morgan fingerprint density at radius 1 is 1.38 bits per heavy atom. The van der Waals surface area contributed by atoms with Crippen molar-refractivity contribution in [2.24, 2.45) is 0 Å². The first kappa shape index (κ1) is 11.3. The first-order valence-corrected chi connectivity index (χ1v) is 5.84. The van der Waals surface area contributed by atoms with Crippen LogP contribution in [0.2, 0.25) is 0 Å². The quantitative estimate of drug-likeness (QED) is 0.806. The number of ether oxygens (including phenoxy) is 1. The summed E-state index contributed by atoms with van der Waals surface area (Å²) >= 11 is 0. The third-order valence-corrected chi connectivity index (χ3v) is 3.25. The Morgan fingerprint density at radius 3 is 2.81 bits per heavy atom. The van der Waals surface area contributed by atoms with Gasteiger partial charge in [0.05, 0.1) is 7.11 Å². The summed E-state index contributed by atoms with van der Waals surface area (Å²) < 4.78 is 5.23. The number of rotatable bonds is 2. The highest BCUT2D eigenvalue weighted by Crippen LogP contribution is 2.38. The molecule has 1 aromatic rings. The normalized spacial score (nSPS) is 20.8. The highest BCUT2D eigenvalue weighted by molar-refractivity contribution is 5.51. The lowest BCUT2D eigenvalue weighted by atomic mass is 9.95. The lowest BCUT2D eigenvalue weighted by Crippen LogP contribution is -2.26. The molecule has 1 atom stereocenters. The fourth-order valence-electron chi connectivity index (χ4n) is 2.34. The van der Waals surface area contributed by atoms with E-state index in [1.54, 1.807) is 7.11 Å². The zero-order valence-electron chi connectivity index (χ0n) is 9.92. The predicted octanol–water partition coefficient (Wildman–Crippen LogP) is 2.52. The van der Waals surface area contributed by atoms with Gasteiger partial charge in [-0.15, -0.1) is 0 Å². The molecule has 1 unspecified atom stereocenters. The van der Waals surface area contributed by atoms with Crippen LogP contribution in [0.4, 0.5) is 0 Å². The van der Waals surface area contributed by atoms with Crippen molar-refractivity contribution in [3.05, 3.63) is 23.3 Å². The van der Waals surface area contributed by atoms with E-state index < -0.39 is 0 Å². The van der Waals surface area contributed by atoms with Crippen molar-refractivity contribution in [3.63, 3.8) is 0 Å². The smallest absolute Gasteiger partial charge is 0.163 e. The molecule has 1 saturated heterocycles. The maximum Gasteiger partial charge on any atom is 0.163 e. The third-order valence-electron chi connectivity index (χ3n) is 3.25. The summed E-state index contributed by atoms with van der Waals surface area (Å²) in [7, 11) is 1.60. The van der Waals surface area contributed by atoms with Gasteiger partial charge in [-0.05, 0) is 31.9 Å². The number of benzene rings is 1. The Labute approximate surface area is 96.4 Å². The number of nitrogens with one attached hydrogen (secondary N) is 1. The second-order valence-corrected chi connectivity index (χ2v) is 4.36. The maximum atomic E-state index is 10.2. The van der Waals surface area contributed by atoms with Gasteiger partial charge in [-0.25, -0.2) is 0 Å². The number of hydrogen-bond donors (Lipinski definition) is 2. The first-order valence-electron chi connectivity index (χ1n) is 5.84. The Hall–Kier alpha value is -1.22. The summed E-state index contributed by atoms with van der Waals surface area (Å²) in [5.74, 6) is 0.895. The van der Waals surface area contributed by atoms with Gasteiger partial charge in [0.25, 0.3) is 0 Å². The lowest BCUT2D eigenvalue weighted by Gasteiger charge is -2.25. The van der Waals surface area contributed by atoms with Crippen LogP contribution >= 0.6 is 0 Å². The molecule has 0 aromatic heterocycles. The van der Waals surface area contributed by atoms with Crippen molar-refractivity contribution in [2.45, 2.75) is 32.2 Å². The van der Waals surface area contributed by atoms with E-state index in [1.165, 1.54) is 12.8 Å². The molecule has 0 bridgehead atoms. The molecule has 1 heterocycles. The highest BCUT2D eigenvalue weighted by Gasteiger charge is 2.20. The number of methoxy groups -OCH3 is 1. The fourth-order valence-corrected chi connectivity index (χ4v) is 2.34. The minimum absolute atomic E-state index is 0.267. The van der Waals surface area contributed by atoms with Crippen molar-refractivity contribution in [3.8, 4) is 11.5 Å². The van der Waals surface area contributed by atoms with Gasteiger partial charge >= 0.3 is 0 Å². The summed E-state index contributed by atoms with van der Waals surface area (Å²) in [4.78, 5) is 0. The van der Waals surface area contributed by atoms with Gasteiger partial charge in [0.15, 0.2) is 11.5 Å². The van der Waals surface area contributed by atoms with Gasteiger partial charge in [-0.1, -0.05) is 18.6 Å². The van der Waals surface area contributed by atoms with Crippen LogP contribution in [0.3, 0.4) is 0 Å². The van der Waals surface area contributed by atoms with E-state index in [0.29, 0.717) is 11.5 Å². The third kappa shape index (κ3) is 2.00. The molecule has 88 valence electrons. The van der Waals surface area contributed by atoms with E-state index >= 15 is 0 Å². The molecule has 3 heteroatoms. The second kappa shape index (κ2) is 4.74. The standard InChI is InChI=1S/C13H19NO2/c1-9-6-7-10(12(15)13(9)16-2)11-5-3-4-8-14-11/h6-7,11,14-15H,3-5,8H2,1-2H3. The van der Waals surface area contributed by atoms with E-state index in [0.717, 1.165) is 24.1 Å².